The Morgan fingerprint density at radius 1 is 1.41 bits per heavy atom. The van der Waals surface area contributed by atoms with E-state index < -0.39 is 0 Å². The number of hydrogen-bond donors (Lipinski definition) is 1. The summed E-state index contributed by atoms with van der Waals surface area (Å²) in [6, 6.07) is 6.90. The molecule has 1 fully saturated rings. The van der Waals surface area contributed by atoms with Crippen LogP contribution in [0.4, 0.5) is 0 Å². The molecular weight excluding hydrogens is 300 g/mol. The Labute approximate surface area is 136 Å². The van der Waals surface area contributed by atoms with E-state index in [0.717, 1.165) is 18.6 Å². The minimum atomic E-state index is -0.251. The molecule has 4 nitrogen and oxygen atoms in total. The van der Waals surface area contributed by atoms with Crippen LogP contribution in [0.25, 0.3) is 0 Å². The second-order valence-corrected chi connectivity index (χ2v) is 7.25. The summed E-state index contributed by atoms with van der Waals surface area (Å²) in [7, 11) is 0. The first-order valence-corrected chi connectivity index (χ1v) is 7.94. The molecule has 1 aliphatic carbocycles. The molecule has 0 saturated heterocycles. The van der Waals surface area contributed by atoms with E-state index in [0.29, 0.717) is 16.7 Å². The predicted molar refractivity (Wildman–Crippen MR) is 89.3 cm³/mol. The highest BCUT2D eigenvalue weighted by Gasteiger charge is 2.29. The van der Waals surface area contributed by atoms with E-state index in [2.05, 4.69) is 31.3 Å². The molecule has 120 valence electrons. The van der Waals surface area contributed by atoms with Gasteiger partial charge in [-0.15, -0.1) is 0 Å². The van der Waals surface area contributed by atoms with Crippen molar-refractivity contribution in [2.75, 3.05) is 6.61 Å². The van der Waals surface area contributed by atoms with Crippen molar-refractivity contribution in [1.29, 1.82) is 0 Å². The lowest BCUT2D eigenvalue weighted by Crippen LogP contribution is -2.31. The first-order valence-electron chi connectivity index (χ1n) is 7.57. The Morgan fingerprint density at radius 3 is 2.73 bits per heavy atom. The summed E-state index contributed by atoms with van der Waals surface area (Å²) in [6.45, 7) is 6.65. The van der Waals surface area contributed by atoms with Gasteiger partial charge in [0, 0.05) is 10.7 Å². The standard InChI is InChI=1S/C17H23ClN2O2/c1-12-8-14(10-17(2,3)9-12)19-20-16(21)11-22-15-6-4-13(18)5-7-15/h4-7,12H,8-11H2,1-3H3,(H,20,21). The smallest absolute Gasteiger partial charge is 0.277 e. The van der Waals surface area contributed by atoms with E-state index in [9.17, 15) is 4.79 Å². The molecule has 0 aliphatic heterocycles. The summed E-state index contributed by atoms with van der Waals surface area (Å²) in [6.07, 6.45) is 3.07. The van der Waals surface area contributed by atoms with Crippen LogP contribution in [0.3, 0.4) is 0 Å². The molecule has 0 heterocycles. The van der Waals surface area contributed by atoms with Crippen LogP contribution in [0.2, 0.25) is 5.02 Å². The molecule has 1 saturated carbocycles. The van der Waals surface area contributed by atoms with Gasteiger partial charge in [-0.2, -0.15) is 5.10 Å². The molecule has 1 aromatic rings. The molecule has 1 atom stereocenters. The van der Waals surface area contributed by atoms with Crippen molar-refractivity contribution in [2.45, 2.75) is 40.0 Å². The van der Waals surface area contributed by atoms with Crippen LogP contribution >= 0.6 is 11.6 Å². The van der Waals surface area contributed by atoms with E-state index in [-0.39, 0.29) is 17.9 Å². The van der Waals surface area contributed by atoms with Crippen molar-refractivity contribution in [1.82, 2.24) is 5.43 Å². The van der Waals surface area contributed by atoms with Crippen LogP contribution in [-0.4, -0.2) is 18.2 Å². The molecule has 2 rings (SSSR count). The molecule has 5 heteroatoms. The number of hydrazone groups is 1. The molecule has 1 unspecified atom stereocenters. The molecule has 0 bridgehead atoms. The van der Waals surface area contributed by atoms with Crippen LogP contribution in [0.15, 0.2) is 29.4 Å². The summed E-state index contributed by atoms with van der Waals surface area (Å²) >= 11 is 5.79. The Morgan fingerprint density at radius 2 is 2.09 bits per heavy atom. The van der Waals surface area contributed by atoms with Crippen LogP contribution in [0.5, 0.6) is 5.75 Å². The molecule has 1 amide bonds. The zero-order valence-corrected chi connectivity index (χ0v) is 14.1. The van der Waals surface area contributed by atoms with Gasteiger partial charge < -0.3 is 4.74 Å². The first kappa shape index (κ1) is 16.8. The van der Waals surface area contributed by atoms with Gasteiger partial charge in [0.15, 0.2) is 6.61 Å². The fraction of sp³-hybridized carbons (Fsp3) is 0.529. The summed E-state index contributed by atoms with van der Waals surface area (Å²) in [5, 5.41) is 4.91. The topological polar surface area (TPSA) is 50.7 Å². The van der Waals surface area contributed by atoms with Crippen molar-refractivity contribution in [2.24, 2.45) is 16.4 Å². The van der Waals surface area contributed by atoms with E-state index >= 15 is 0 Å². The molecule has 0 aromatic heterocycles. The third-order valence-corrected chi connectivity index (χ3v) is 3.94. The van der Waals surface area contributed by atoms with E-state index in [1.807, 2.05) is 0 Å². The number of amides is 1. The van der Waals surface area contributed by atoms with Crippen molar-refractivity contribution < 1.29 is 9.53 Å². The van der Waals surface area contributed by atoms with Gasteiger partial charge in [-0.05, 0) is 54.9 Å². The number of nitrogens with one attached hydrogen (secondary N) is 1. The summed E-state index contributed by atoms with van der Waals surface area (Å²) in [4.78, 5) is 11.8. The van der Waals surface area contributed by atoms with Crippen LogP contribution in [-0.2, 0) is 4.79 Å². The monoisotopic (exact) mass is 322 g/mol. The number of carbonyl (C=O) groups excluding carboxylic acids is 1. The Bertz CT molecular complexity index is 552. The van der Waals surface area contributed by atoms with Crippen molar-refractivity contribution in [3.8, 4) is 5.75 Å². The van der Waals surface area contributed by atoms with Crippen LogP contribution in [0.1, 0.15) is 40.0 Å². The highest BCUT2D eigenvalue weighted by atomic mass is 35.5. The van der Waals surface area contributed by atoms with E-state index in [1.165, 1.54) is 6.42 Å². The number of halogens is 1. The number of hydrogen-bond acceptors (Lipinski definition) is 3. The average Bonchev–Trinajstić information content (AvgIpc) is 2.42. The van der Waals surface area contributed by atoms with Gasteiger partial charge in [0.2, 0.25) is 0 Å². The molecule has 1 aromatic carbocycles. The highest BCUT2D eigenvalue weighted by molar-refractivity contribution is 6.30. The lowest BCUT2D eigenvalue weighted by atomic mass is 9.72. The van der Waals surface area contributed by atoms with Gasteiger partial charge in [0.1, 0.15) is 5.75 Å². The number of ether oxygens (including phenoxy) is 1. The lowest BCUT2D eigenvalue weighted by molar-refractivity contribution is -0.123. The number of nitrogens with zero attached hydrogens (tertiary/aromatic N) is 1. The maximum atomic E-state index is 11.8. The quantitative estimate of drug-likeness (QED) is 0.851. The van der Waals surface area contributed by atoms with Gasteiger partial charge in [0.05, 0.1) is 0 Å². The summed E-state index contributed by atoms with van der Waals surface area (Å²) < 4.78 is 5.38. The maximum absolute atomic E-state index is 11.8. The van der Waals surface area contributed by atoms with Gasteiger partial charge in [-0.1, -0.05) is 32.4 Å². The Hall–Kier alpha value is -1.55. The van der Waals surface area contributed by atoms with Crippen molar-refractivity contribution in [3.63, 3.8) is 0 Å². The molecule has 0 spiro atoms. The maximum Gasteiger partial charge on any atom is 0.277 e. The first-order chi connectivity index (χ1) is 10.3. The number of carbonyl (C=O) groups is 1. The lowest BCUT2D eigenvalue weighted by Gasteiger charge is -2.34. The molecular formula is C17H23ClN2O2. The third-order valence-electron chi connectivity index (χ3n) is 3.69. The van der Waals surface area contributed by atoms with Gasteiger partial charge in [-0.25, -0.2) is 5.43 Å². The third kappa shape index (κ3) is 5.34. The minimum Gasteiger partial charge on any atom is -0.484 e. The van der Waals surface area contributed by atoms with Gasteiger partial charge in [-0.3, -0.25) is 4.79 Å². The van der Waals surface area contributed by atoms with Crippen molar-refractivity contribution >= 4 is 23.2 Å². The normalized spacial score (nSPS) is 22.4. The summed E-state index contributed by atoms with van der Waals surface area (Å²) in [5.74, 6) is 0.961. The zero-order chi connectivity index (χ0) is 16.2. The largest absolute Gasteiger partial charge is 0.484 e. The fourth-order valence-electron chi connectivity index (χ4n) is 3.05. The second-order valence-electron chi connectivity index (χ2n) is 6.81. The fourth-order valence-corrected chi connectivity index (χ4v) is 3.18. The summed E-state index contributed by atoms with van der Waals surface area (Å²) in [5.41, 5.74) is 3.90. The second kappa shape index (κ2) is 7.14. The highest BCUT2D eigenvalue weighted by Crippen LogP contribution is 2.36. The Kier molecular flexibility index (Phi) is 5.46. The number of rotatable bonds is 4. The number of benzene rings is 1. The van der Waals surface area contributed by atoms with Crippen LogP contribution < -0.4 is 10.2 Å². The van der Waals surface area contributed by atoms with E-state index in [1.54, 1.807) is 24.3 Å². The molecule has 1 aliphatic rings. The SMILES string of the molecule is CC1CC(=NNC(=O)COc2ccc(Cl)cc2)CC(C)(C)C1. The van der Waals surface area contributed by atoms with Crippen LogP contribution in [0, 0.1) is 11.3 Å². The zero-order valence-electron chi connectivity index (χ0n) is 13.4. The minimum absolute atomic E-state index is 0.0582. The molecule has 1 N–H and O–H groups in total. The molecule has 0 radical (unpaired) electrons. The van der Waals surface area contributed by atoms with Gasteiger partial charge in [0.25, 0.3) is 5.91 Å². The predicted octanol–water partition coefficient (Wildman–Crippen LogP) is 4.04. The Balaban J connectivity index is 1.82. The van der Waals surface area contributed by atoms with E-state index in [4.69, 9.17) is 16.3 Å². The van der Waals surface area contributed by atoms with Crippen molar-refractivity contribution in [3.05, 3.63) is 29.3 Å². The van der Waals surface area contributed by atoms with Gasteiger partial charge >= 0.3 is 0 Å². The molecule has 22 heavy (non-hydrogen) atoms. The average molecular weight is 323 g/mol.